The number of nitrogens with two attached hydrogens (primary N) is 1. The van der Waals surface area contributed by atoms with Crippen molar-refractivity contribution in [2.75, 3.05) is 0 Å². The SMILES string of the molecule is CC(=O)c1cc(-n2c(=O)[nH]c3csc(C(N)=O)c3c2=O)c(Cl)s1. The fourth-order valence-corrected chi connectivity index (χ4v) is 4.12. The molecular formula is C13H8ClN3O4S2. The molecule has 0 aliphatic carbocycles. The van der Waals surface area contributed by atoms with Crippen molar-refractivity contribution in [3.05, 3.63) is 46.4 Å². The molecule has 0 saturated carbocycles. The smallest absolute Gasteiger partial charge is 0.333 e. The Hall–Kier alpha value is -2.23. The van der Waals surface area contributed by atoms with Crippen molar-refractivity contribution < 1.29 is 9.59 Å². The van der Waals surface area contributed by atoms with E-state index in [1.54, 1.807) is 0 Å². The van der Waals surface area contributed by atoms with E-state index in [1.807, 2.05) is 0 Å². The summed E-state index contributed by atoms with van der Waals surface area (Å²) in [6, 6.07) is 1.37. The van der Waals surface area contributed by atoms with E-state index in [4.69, 9.17) is 17.3 Å². The number of rotatable bonds is 3. The number of Topliss-reactive ketones (excluding diaryl/α,β-unsaturated/α-hetero) is 1. The van der Waals surface area contributed by atoms with Crippen molar-refractivity contribution in [2.24, 2.45) is 5.73 Å². The van der Waals surface area contributed by atoms with Gasteiger partial charge >= 0.3 is 5.69 Å². The molecule has 3 rings (SSSR count). The van der Waals surface area contributed by atoms with Crippen LogP contribution in [0.15, 0.2) is 21.0 Å². The zero-order chi connectivity index (χ0) is 16.9. The lowest BCUT2D eigenvalue weighted by atomic mass is 10.3. The Bertz CT molecular complexity index is 1090. The van der Waals surface area contributed by atoms with Crippen LogP contribution in [0.1, 0.15) is 26.3 Å². The second kappa shape index (κ2) is 5.44. The zero-order valence-corrected chi connectivity index (χ0v) is 13.9. The van der Waals surface area contributed by atoms with Gasteiger partial charge in [-0.1, -0.05) is 11.6 Å². The first kappa shape index (κ1) is 15.7. The van der Waals surface area contributed by atoms with Gasteiger partial charge in [-0.3, -0.25) is 14.4 Å². The number of halogens is 1. The molecule has 3 aromatic heterocycles. The number of carbonyl (C=O) groups excluding carboxylic acids is 2. The molecular weight excluding hydrogens is 362 g/mol. The standard InChI is InChI=1S/C13H8ClN3O4S2/c1-4(18)7-2-6(10(14)23-7)17-12(20)8-5(16-13(17)21)3-22-9(8)11(15)19/h2-3H,1H3,(H2,15,19)(H,16,21). The number of nitrogens with one attached hydrogen (secondary N) is 1. The van der Waals surface area contributed by atoms with E-state index in [9.17, 15) is 19.2 Å². The monoisotopic (exact) mass is 369 g/mol. The van der Waals surface area contributed by atoms with Gasteiger partial charge in [-0.2, -0.15) is 0 Å². The summed E-state index contributed by atoms with van der Waals surface area (Å²) in [5.74, 6) is -0.997. The lowest BCUT2D eigenvalue weighted by Gasteiger charge is -2.03. The molecule has 10 heteroatoms. The van der Waals surface area contributed by atoms with E-state index in [0.717, 1.165) is 27.2 Å². The van der Waals surface area contributed by atoms with Crippen LogP contribution < -0.4 is 17.0 Å². The highest BCUT2D eigenvalue weighted by atomic mass is 35.5. The summed E-state index contributed by atoms with van der Waals surface area (Å²) in [7, 11) is 0. The van der Waals surface area contributed by atoms with E-state index in [-0.39, 0.29) is 31.6 Å². The number of carbonyl (C=O) groups is 2. The molecule has 3 aromatic rings. The molecule has 0 bridgehead atoms. The summed E-state index contributed by atoms with van der Waals surface area (Å²) in [5.41, 5.74) is 4.15. The van der Waals surface area contributed by atoms with Crippen molar-refractivity contribution in [3.8, 4) is 5.69 Å². The minimum atomic E-state index is -0.762. The number of aromatic amines is 1. The summed E-state index contributed by atoms with van der Waals surface area (Å²) in [6.45, 7) is 1.35. The van der Waals surface area contributed by atoms with Crippen molar-refractivity contribution in [2.45, 2.75) is 6.92 Å². The van der Waals surface area contributed by atoms with Crippen LogP contribution in [0.3, 0.4) is 0 Å². The molecule has 3 heterocycles. The van der Waals surface area contributed by atoms with Crippen LogP contribution in [0.4, 0.5) is 0 Å². The van der Waals surface area contributed by atoms with Crippen LogP contribution >= 0.6 is 34.3 Å². The molecule has 0 radical (unpaired) electrons. The largest absolute Gasteiger partial charge is 0.365 e. The number of nitrogens with zero attached hydrogens (tertiary/aromatic N) is 1. The highest BCUT2D eigenvalue weighted by Crippen LogP contribution is 2.30. The average molecular weight is 370 g/mol. The number of hydrogen-bond donors (Lipinski definition) is 2. The number of hydrogen-bond acceptors (Lipinski definition) is 6. The minimum absolute atomic E-state index is 0.0220. The van der Waals surface area contributed by atoms with E-state index >= 15 is 0 Å². The van der Waals surface area contributed by atoms with E-state index in [2.05, 4.69) is 4.98 Å². The van der Waals surface area contributed by atoms with Gasteiger partial charge in [0.1, 0.15) is 9.21 Å². The summed E-state index contributed by atoms with van der Waals surface area (Å²) >= 11 is 8.00. The third kappa shape index (κ3) is 2.42. The van der Waals surface area contributed by atoms with E-state index < -0.39 is 17.2 Å². The summed E-state index contributed by atoms with van der Waals surface area (Å²) in [4.78, 5) is 50.7. The number of fused-ring (bicyclic) bond motifs is 1. The van der Waals surface area contributed by atoms with Gasteiger partial charge in [-0.25, -0.2) is 9.36 Å². The molecule has 0 aromatic carbocycles. The van der Waals surface area contributed by atoms with Gasteiger partial charge in [0.2, 0.25) is 0 Å². The topological polar surface area (TPSA) is 115 Å². The fourth-order valence-electron chi connectivity index (χ4n) is 2.12. The Kier molecular flexibility index (Phi) is 3.71. The quantitative estimate of drug-likeness (QED) is 0.684. The molecule has 118 valence electrons. The van der Waals surface area contributed by atoms with Gasteiger partial charge < -0.3 is 10.7 Å². The van der Waals surface area contributed by atoms with Crippen LogP contribution in [0.2, 0.25) is 4.34 Å². The molecule has 0 atom stereocenters. The van der Waals surface area contributed by atoms with Crippen molar-refractivity contribution in [3.63, 3.8) is 0 Å². The first-order valence-corrected chi connectivity index (χ1v) is 8.25. The van der Waals surface area contributed by atoms with Crippen molar-refractivity contribution in [1.82, 2.24) is 9.55 Å². The van der Waals surface area contributed by atoms with Gasteiger partial charge in [0.25, 0.3) is 11.5 Å². The van der Waals surface area contributed by atoms with Crippen LogP contribution in [-0.4, -0.2) is 21.2 Å². The second-order valence-electron chi connectivity index (χ2n) is 4.61. The molecule has 0 saturated heterocycles. The maximum atomic E-state index is 12.7. The van der Waals surface area contributed by atoms with E-state index in [1.165, 1.54) is 18.4 Å². The molecule has 0 spiro atoms. The number of H-pyrrole nitrogens is 1. The van der Waals surface area contributed by atoms with Gasteiger partial charge in [0.05, 0.1) is 21.5 Å². The van der Waals surface area contributed by atoms with Gasteiger partial charge in [0, 0.05) is 5.38 Å². The summed E-state index contributed by atoms with van der Waals surface area (Å²) < 4.78 is 0.922. The van der Waals surface area contributed by atoms with Gasteiger partial charge in [-0.05, 0) is 13.0 Å². The van der Waals surface area contributed by atoms with Crippen LogP contribution in [0.25, 0.3) is 16.6 Å². The minimum Gasteiger partial charge on any atom is -0.365 e. The Labute approximate surface area is 140 Å². The predicted molar refractivity (Wildman–Crippen MR) is 89.5 cm³/mol. The normalized spacial score (nSPS) is 11.0. The maximum Gasteiger partial charge on any atom is 0.333 e. The molecule has 0 fully saturated rings. The van der Waals surface area contributed by atoms with E-state index in [0.29, 0.717) is 4.88 Å². The number of thiophene rings is 2. The first-order chi connectivity index (χ1) is 10.8. The maximum absolute atomic E-state index is 12.7. The van der Waals surface area contributed by atoms with Gasteiger partial charge in [-0.15, -0.1) is 22.7 Å². The van der Waals surface area contributed by atoms with Crippen LogP contribution in [0.5, 0.6) is 0 Å². The Morgan fingerprint density at radius 3 is 2.61 bits per heavy atom. The Balaban J connectivity index is 2.41. The fraction of sp³-hybridized carbons (Fsp3) is 0.0769. The molecule has 3 N–H and O–H groups in total. The number of ketones is 1. The second-order valence-corrected chi connectivity index (χ2v) is 7.15. The first-order valence-electron chi connectivity index (χ1n) is 6.18. The molecule has 1 amide bonds. The summed E-state index contributed by atoms with van der Waals surface area (Å²) in [5, 5.41) is 1.49. The third-order valence-corrected chi connectivity index (χ3v) is 5.57. The molecule has 0 aliphatic heterocycles. The molecule has 0 aliphatic rings. The predicted octanol–water partition coefficient (Wildman–Crippen LogP) is 1.76. The highest BCUT2D eigenvalue weighted by Gasteiger charge is 2.20. The third-order valence-electron chi connectivity index (χ3n) is 3.13. The lowest BCUT2D eigenvalue weighted by molar-refractivity contribution is 0.100. The van der Waals surface area contributed by atoms with Crippen molar-refractivity contribution in [1.29, 1.82) is 0 Å². The van der Waals surface area contributed by atoms with Gasteiger partial charge in [0.15, 0.2) is 5.78 Å². The zero-order valence-electron chi connectivity index (χ0n) is 11.5. The Morgan fingerprint density at radius 2 is 2.04 bits per heavy atom. The number of amides is 1. The number of primary amides is 1. The average Bonchev–Trinajstić information content (AvgIpc) is 3.03. The summed E-state index contributed by atoms with van der Waals surface area (Å²) in [6.07, 6.45) is 0. The molecule has 7 nitrogen and oxygen atoms in total. The Morgan fingerprint density at radius 1 is 1.35 bits per heavy atom. The lowest BCUT2D eigenvalue weighted by Crippen LogP contribution is -2.34. The highest BCUT2D eigenvalue weighted by molar-refractivity contribution is 7.18. The van der Waals surface area contributed by atoms with Crippen LogP contribution in [-0.2, 0) is 0 Å². The van der Waals surface area contributed by atoms with Crippen LogP contribution in [0, 0.1) is 0 Å². The number of aromatic nitrogens is 2. The molecule has 23 heavy (non-hydrogen) atoms. The van der Waals surface area contributed by atoms with Crippen molar-refractivity contribution >= 4 is 56.9 Å². The molecule has 0 unspecified atom stereocenters.